The van der Waals surface area contributed by atoms with Gasteiger partial charge in [-0.15, -0.1) is 10.2 Å². The Morgan fingerprint density at radius 3 is 2.71 bits per heavy atom. The molecule has 6 nitrogen and oxygen atoms in total. The van der Waals surface area contributed by atoms with Crippen LogP contribution in [-0.4, -0.2) is 33.4 Å². The van der Waals surface area contributed by atoms with Gasteiger partial charge in [0.15, 0.2) is 5.69 Å². The van der Waals surface area contributed by atoms with Gasteiger partial charge in [-0.3, -0.25) is 4.79 Å². The van der Waals surface area contributed by atoms with Crippen LogP contribution in [0.1, 0.15) is 36.2 Å². The molecule has 0 radical (unpaired) electrons. The lowest BCUT2D eigenvalue weighted by Gasteiger charge is -2.28. The maximum Gasteiger partial charge on any atom is 0.269 e. The molecule has 1 aliphatic carbocycles. The van der Waals surface area contributed by atoms with Crippen molar-refractivity contribution in [2.75, 3.05) is 5.32 Å². The van der Waals surface area contributed by atoms with Crippen LogP contribution in [0.25, 0.3) is 0 Å². The van der Waals surface area contributed by atoms with Crippen molar-refractivity contribution in [1.29, 1.82) is 0 Å². The van der Waals surface area contributed by atoms with E-state index >= 15 is 0 Å². The second-order valence-corrected chi connectivity index (χ2v) is 4.27. The first-order valence-corrected chi connectivity index (χ1v) is 5.75. The highest BCUT2D eigenvalue weighted by atomic mass is 16.3. The van der Waals surface area contributed by atoms with Gasteiger partial charge < -0.3 is 16.2 Å². The predicted molar refractivity (Wildman–Crippen MR) is 62.4 cm³/mol. The summed E-state index contributed by atoms with van der Waals surface area (Å²) in [6.07, 6.45) is 3.54. The third-order valence-electron chi connectivity index (χ3n) is 2.98. The molecule has 0 spiro atoms. The minimum absolute atomic E-state index is 0.0116. The van der Waals surface area contributed by atoms with Crippen LogP contribution in [0.3, 0.4) is 0 Å². The van der Waals surface area contributed by atoms with E-state index in [4.69, 9.17) is 5.73 Å². The number of primary amides is 1. The van der Waals surface area contributed by atoms with Gasteiger partial charge >= 0.3 is 0 Å². The first kappa shape index (κ1) is 11.8. The summed E-state index contributed by atoms with van der Waals surface area (Å²) < 4.78 is 0. The minimum atomic E-state index is -0.596. The van der Waals surface area contributed by atoms with Crippen molar-refractivity contribution in [3.05, 3.63) is 17.8 Å². The van der Waals surface area contributed by atoms with Gasteiger partial charge in [0.1, 0.15) is 5.82 Å². The molecule has 0 aromatic carbocycles. The fourth-order valence-corrected chi connectivity index (χ4v) is 2.01. The number of nitrogens with one attached hydrogen (secondary N) is 1. The van der Waals surface area contributed by atoms with Crippen LogP contribution >= 0.6 is 0 Å². The van der Waals surface area contributed by atoms with Crippen molar-refractivity contribution in [3.8, 4) is 0 Å². The number of aliphatic hydroxyl groups is 1. The fourth-order valence-electron chi connectivity index (χ4n) is 2.01. The zero-order chi connectivity index (χ0) is 12.3. The van der Waals surface area contributed by atoms with Crippen LogP contribution < -0.4 is 11.1 Å². The molecule has 2 atom stereocenters. The van der Waals surface area contributed by atoms with Crippen molar-refractivity contribution >= 4 is 11.7 Å². The Bertz CT molecular complexity index is 393. The van der Waals surface area contributed by atoms with Crippen molar-refractivity contribution in [2.45, 2.75) is 37.8 Å². The van der Waals surface area contributed by atoms with Crippen molar-refractivity contribution in [3.63, 3.8) is 0 Å². The molecule has 1 aliphatic rings. The lowest BCUT2D eigenvalue weighted by molar-refractivity contribution is 0.0994. The molecule has 17 heavy (non-hydrogen) atoms. The largest absolute Gasteiger partial charge is 0.391 e. The van der Waals surface area contributed by atoms with E-state index in [1.807, 2.05) is 0 Å². The molecular formula is C11H16N4O2. The summed E-state index contributed by atoms with van der Waals surface area (Å²) in [6.45, 7) is 0. The molecule has 0 saturated heterocycles. The topological polar surface area (TPSA) is 101 Å². The average Bonchev–Trinajstić information content (AvgIpc) is 2.33. The minimum Gasteiger partial charge on any atom is -0.391 e. The van der Waals surface area contributed by atoms with Crippen LogP contribution in [0.15, 0.2) is 12.1 Å². The second-order valence-electron chi connectivity index (χ2n) is 4.27. The fraction of sp³-hybridized carbons (Fsp3) is 0.545. The number of aromatic nitrogens is 2. The van der Waals surface area contributed by atoms with Gasteiger partial charge in [0, 0.05) is 0 Å². The SMILES string of the molecule is NC(=O)c1ccc(NC2CCCCC2O)nn1. The van der Waals surface area contributed by atoms with Gasteiger partial charge in [-0.2, -0.15) is 0 Å². The Morgan fingerprint density at radius 1 is 1.35 bits per heavy atom. The second kappa shape index (κ2) is 5.09. The Hall–Kier alpha value is -1.69. The van der Waals surface area contributed by atoms with Crippen LogP contribution in [0, 0.1) is 0 Å². The molecule has 1 aromatic heterocycles. The molecule has 1 fully saturated rings. The Balaban J connectivity index is 2.00. The Kier molecular flexibility index (Phi) is 3.53. The van der Waals surface area contributed by atoms with Crippen molar-refractivity contribution < 1.29 is 9.90 Å². The smallest absolute Gasteiger partial charge is 0.269 e. The van der Waals surface area contributed by atoms with E-state index in [0.29, 0.717) is 5.82 Å². The summed E-state index contributed by atoms with van der Waals surface area (Å²) in [5.41, 5.74) is 5.21. The van der Waals surface area contributed by atoms with Crippen LogP contribution in [0.4, 0.5) is 5.82 Å². The number of nitrogens with two attached hydrogens (primary N) is 1. The molecule has 0 aliphatic heterocycles. The molecule has 1 saturated carbocycles. The summed E-state index contributed by atoms with van der Waals surface area (Å²) in [7, 11) is 0. The number of hydrogen-bond donors (Lipinski definition) is 3. The number of carbonyl (C=O) groups excluding carboxylic acids is 1. The lowest BCUT2D eigenvalue weighted by Crippen LogP contribution is -2.36. The summed E-state index contributed by atoms with van der Waals surface area (Å²) in [5.74, 6) is -0.0392. The normalized spacial score (nSPS) is 24.3. The number of amides is 1. The van der Waals surface area contributed by atoms with Crippen molar-refractivity contribution in [1.82, 2.24) is 10.2 Å². The van der Waals surface area contributed by atoms with Gasteiger partial charge in [-0.25, -0.2) is 0 Å². The van der Waals surface area contributed by atoms with Gasteiger partial charge in [-0.1, -0.05) is 12.8 Å². The predicted octanol–water partition coefficient (Wildman–Crippen LogP) is 0.291. The number of anilines is 1. The van der Waals surface area contributed by atoms with Crippen molar-refractivity contribution in [2.24, 2.45) is 5.73 Å². The first-order chi connectivity index (χ1) is 8.16. The quantitative estimate of drug-likeness (QED) is 0.700. The summed E-state index contributed by atoms with van der Waals surface area (Å²) >= 11 is 0. The molecule has 92 valence electrons. The van der Waals surface area contributed by atoms with Crippen LogP contribution in [-0.2, 0) is 0 Å². The Labute approximate surface area is 99.2 Å². The molecule has 0 bridgehead atoms. The molecule has 2 rings (SSSR count). The molecular weight excluding hydrogens is 220 g/mol. The van der Waals surface area contributed by atoms with E-state index < -0.39 is 5.91 Å². The van der Waals surface area contributed by atoms with E-state index in [-0.39, 0.29) is 17.8 Å². The summed E-state index contributed by atoms with van der Waals surface area (Å²) in [4.78, 5) is 10.8. The third kappa shape index (κ3) is 2.91. The van der Waals surface area contributed by atoms with E-state index in [1.165, 1.54) is 6.07 Å². The van der Waals surface area contributed by atoms with E-state index in [0.717, 1.165) is 25.7 Å². The number of rotatable bonds is 3. The van der Waals surface area contributed by atoms with E-state index in [9.17, 15) is 9.90 Å². The average molecular weight is 236 g/mol. The number of carbonyl (C=O) groups is 1. The highest BCUT2D eigenvalue weighted by Gasteiger charge is 2.23. The number of hydrogen-bond acceptors (Lipinski definition) is 5. The van der Waals surface area contributed by atoms with E-state index in [1.54, 1.807) is 6.07 Å². The van der Waals surface area contributed by atoms with Gasteiger partial charge in [0.25, 0.3) is 5.91 Å². The van der Waals surface area contributed by atoms with Gasteiger partial charge in [0.2, 0.25) is 0 Å². The zero-order valence-corrected chi connectivity index (χ0v) is 9.47. The van der Waals surface area contributed by atoms with E-state index in [2.05, 4.69) is 15.5 Å². The molecule has 6 heteroatoms. The monoisotopic (exact) mass is 236 g/mol. The highest BCUT2D eigenvalue weighted by molar-refractivity contribution is 5.90. The van der Waals surface area contributed by atoms with Gasteiger partial charge in [0.05, 0.1) is 12.1 Å². The number of aliphatic hydroxyl groups excluding tert-OH is 1. The van der Waals surface area contributed by atoms with Crippen LogP contribution in [0.5, 0.6) is 0 Å². The first-order valence-electron chi connectivity index (χ1n) is 5.75. The summed E-state index contributed by atoms with van der Waals surface area (Å²) in [5, 5.41) is 20.5. The van der Waals surface area contributed by atoms with Crippen LogP contribution in [0.2, 0.25) is 0 Å². The standard InChI is InChI=1S/C11H16N4O2/c12-11(17)8-5-6-10(15-14-8)13-7-3-1-2-4-9(7)16/h5-7,9,16H,1-4H2,(H2,12,17)(H,13,15). The molecule has 4 N–H and O–H groups in total. The highest BCUT2D eigenvalue weighted by Crippen LogP contribution is 2.21. The number of nitrogens with zero attached hydrogens (tertiary/aromatic N) is 2. The zero-order valence-electron chi connectivity index (χ0n) is 9.47. The maximum atomic E-state index is 10.8. The molecule has 1 amide bonds. The Morgan fingerprint density at radius 2 is 2.12 bits per heavy atom. The third-order valence-corrected chi connectivity index (χ3v) is 2.98. The molecule has 1 heterocycles. The maximum absolute atomic E-state index is 10.8. The lowest BCUT2D eigenvalue weighted by atomic mass is 9.93. The summed E-state index contributed by atoms with van der Waals surface area (Å²) in [6, 6.07) is 3.18. The molecule has 2 unspecified atom stereocenters. The van der Waals surface area contributed by atoms with Gasteiger partial charge in [-0.05, 0) is 25.0 Å². The molecule has 1 aromatic rings.